The van der Waals surface area contributed by atoms with Gasteiger partial charge in [0.2, 0.25) is 0 Å². The molecule has 60 heavy (non-hydrogen) atoms. The number of para-hydroxylation sites is 1. The summed E-state index contributed by atoms with van der Waals surface area (Å²) >= 11 is 1.80. The summed E-state index contributed by atoms with van der Waals surface area (Å²) in [6.07, 6.45) is 0. The average Bonchev–Trinajstić information content (AvgIpc) is 3.87. The van der Waals surface area contributed by atoms with E-state index in [0.717, 1.165) is 43.4 Å². The lowest BCUT2D eigenvalue weighted by Crippen LogP contribution is -2.02. The molecule has 4 nitrogen and oxygen atoms in total. The van der Waals surface area contributed by atoms with Crippen LogP contribution in [0.25, 0.3) is 125 Å². The molecule has 5 heteroatoms. The number of aromatic nitrogens is 4. The molecule has 0 saturated carbocycles. The zero-order chi connectivity index (χ0) is 39.3. The number of nitrogens with zero attached hydrogens (tertiary/aromatic N) is 4. The van der Waals surface area contributed by atoms with E-state index in [-0.39, 0.29) is 0 Å². The number of thiophene rings is 1. The zero-order valence-electron chi connectivity index (χ0n) is 32.2. The minimum Gasteiger partial charge on any atom is -0.309 e. The second kappa shape index (κ2) is 12.9. The lowest BCUT2D eigenvalue weighted by Gasteiger charge is -2.14. The van der Waals surface area contributed by atoms with Crippen LogP contribution in [0.1, 0.15) is 0 Å². The maximum absolute atomic E-state index is 5.40. The molecule has 3 heterocycles. The second-order valence-corrected chi connectivity index (χ2v) is 16.6. The van der Waals surface area contributed by atoms with Gasteiger partial charge in [0.25, 0.3) is 0 Å². The fourth-order valence-electron chi connectivity index (χ4n) is 9.33. The predicted molar refractivity (Wildman–Crippen MR) is 253 cm³/mol. The zero-order valence-corrected chi connectivity index (χ0v) is 33.0. The normalized spacial score (nSPS) is 12.0. The van der Waals surface area contributed by atoms with Crippen LogP contribution in [-0.2, 0) is 0 Å². The van der Waals surface area contributed by atoms with Gasteiger partial charge in [-0.2, -0.15) is 0 Å². The van der Waals surface area contributed by atoms with Gasteiger partial charge in [-0.1, -0.05) is 158 Å². The first-order valence-electron chi connectivity index (χ1n) is 20.3. The highest BCUT2D eigenvalue weighted by Gasteiger charge is 2.22. The Morgan fingerprint density at radius 1 is 0.350 bits per heavy atom. The van der Waals surface area contributed by atoms with Crippen molar-refractivity contribution >= 4 is 96.4 Å². The van der Waals surface area contributed by atoms with E-state index in [1.54, 1.807) is 11.3 Å². The van der Waals surface area contributed by atoms with Gasteiger partial charge in [0, 0.05) is 58.7 Å². The molecule has 10 aromatic carbocycles. The molecule has 0 fully saturated rings. The molecule has 0 saturated heterocycles. The first-order valence-corrected chi connectivity index (χ1v) is 21.1. The van der Waals surface area contributed by atoms with Crippen LogP contribution in [0.4, 0.5) is 0 Å². The highest BCUT2D eigenvalue weighted by Crippen LogP contribution is 2.44. The molecule has 0 unspecified atom stereocenters. The Hall–Kier alpha value is -7.73. The minimum absolute atomic E-state index is 0.642. The van der Waals surface area contributed by atoms with Crippen LogP contribution < -0.4 is 0 Å². The topological polar surface area (TPSA) is 43.6 Å². The van der Waals surface area contributed by atoms with Crippen LogP contribution in [0.3, 0.4) is 0 Å². The van der Waals surface area contributed by atoms with E-state index in [9.17, 15) is 0 Å². The Labute approximate surface area is 348 Å². The molecule has 3 aromatic heterocycles. The van der Waals surface area contributed by atoms with Gasteiger partial charge in [-0.25, -0.2) is 15.0 Å². The number of benzene rings is 10. The fraction of sp³-hybridized carbons (Fsp3) is 0. The monoisotopic (exact) mass is 780 g/mol. The van der Waals surface area contributed by atoms with Gasteiger partial charge in [0.1, 0.15) is 0 Å². The molecular weight excluding hydrogens is 749 g/mol. The van der Waals surface area contributed by atoms with E-state index in [4.69, 9.17) is 15.0 Å². The maximum Gasteiger partial charge on any atom is 0.165 e. The van der Waals surface area contributed by atoms with Crippen molar-refractivity contribution in [2.24, 2.45) is 0 Å². The largest absolute Gasteiger partial charge is 0.309 e. The molecule has 0 aliphatic carbocycles. The van der Waals surface area contributed by atoms with E-state index >= 15 is 0 Å². The SMILES string of the molecule is c1ccc2cc(-c3nc(-c4ccc5ccccc5c4)nc(-c4cc(-n5c6ccccc6c6ccc7c8ccccc8ccc7c65)cc5c4sc4ccccc45)n3)ccc2c1. The van der Waals surface area contributed by atoms with Crippen molar-refractivity contribution in [3.05, 3.63) is 194 Å². The highest BCUT2D eigenvalue weighted by atomic mass is 32.1. The van der Waals surface area contributed by atoms with Gasteiger partial charge in [0.05, 0.1) is 11.0 Å². The summed E-state index contributed by atoms with van der Waals surface area (Å²) in [7, 11) is 0. The molecule has 0 spiro atoms. The molecule has 13 rings (SSSR count). The first-order chi connectivity index (χ1) is 29.7. The number of hydrogen-bond donors (Lipinski definition) is 0. The Balaban J connectivity index is 1.14. The Morgan fingerprint density at radius 2 is 0.883 bits per heavy atom. The first kappa shape index (κ1) is 33.3. The van der Waals surface area contributed by atoms with Gasteiger partial charge in [-0.05, 0) is 74.1 Å². The smallest absolute Gasteiger partial charge is 0.165 e. The summed E-state index contributed by atoms with van der Waals surface area (Å²) in [6.45, 7) is 0. The maximum atomic E-state index is 5.40. The van der Waals surface area contributed by atoms with Crippen LogP contribution >= 0.6 is 11.3 Å². The molecule has 0 amide bonds. The summed E-state index contributed by atoms with van der Waals surface area (Å²) in [5.41, 5.74) is 6.28. The van der Waals surface area contributed by atoms with Crippen LogP contribution in [0.5, 0.6) is 0 Å². The quantitative estimate of drug-likeness (QED) is 0.167. The van der Waals surface area contributed by atoms with E-state index in [0.29, 0.717) is 17.5 Å². The van der Waals surface area contributed by atoms with Crippen molar-refractivity contribution < 1.29 is 0 Å². The van der Waals surface area contributed by atoms with Crippen molar-refractivity contribution in [1.82, 2.24) is 19.5 Å². The van der Waals surface area contributed by atoms with Crippen molar-refractivity contribution in [3.63, 3.8) is 0 Å². The molecule has 0 atom stereocenters. The van der Waals surface area contributed by atoms with Crippen LogP contribution in [0.15, 0.2) is 194 Å². The van der Waals surface area contributed by atoms with Gasteiger partial charge in [-0.15, -0.1) is 11.3 Å². The third kappa shape index (κ3) is 5.06. The standard InChI is InChI=1S/C55H32N4S/c1-3-14-36-29-38(23-21-33(36)11-1)53-56-54(39-24-22-34-12-2-4-15-37(34)30-39)58-55(57-53)48-32-40(31-47-44-18-8-10-20-50(44)60-52(47)48)59-49-19-9-7-17-43(49)46-28-27-42-41-16-6-5-13-35(41)25-26-45(42)51(46)59/h1-32H. The minimum atomic E-state index is 0.642. The molecular formula is C55H32N4S. The van der Waals surface area contributed by atoms with Crippen molar-refractivity contribution in [3.8, 4) is 39.9 Å². The molecule has 0 bridgehead atoms. The van der Waals surface area contributed by atoms with Gasteiger partial charge in [-0.3, -0.25) is 0 Å². The third-order valence-corrected chi connectivity index (χ3v) is 13.4. The Morgan fingerprint density at radius 3 is 1.62 bits per heavy atom. The highest BCUT2D eigenvalue weighted by molar-refractivity contribution is 7.26. The number of hydrogen-bond acceptors (Lipinski definition) is 4. The number of fused-ring (bicyclic) bond motifs is 12. The van der Waals surface area contributed by atoms with Crippen molar-refractivity contribution in [2.75, 3.05) is 0 Å². The van der Waals surface area contributed by atoms with Crippen molar-refractivity contribution in [1.29, 1.82) is 0 Å². The Bertz CT molecular complexity index is 3820. The van der Waals surface area contributed by atoms with Crippen LogP contribution in [-0.4, -0.2) is 19.5 Å². The average molecular weight is 781 g/mol. The van der Waals surface area contributed by atoms with E-state index in [1.165, 1.54) is 64.1 Å². The van der Waals surface area contributed by atoms with E-state index in [2.05, 4.69) is 199 Å². The van der Waals surface area contributed by atoms with Gasteiger partial charge < -0.3 is 4.57 Å². The second-order valence-electron chi connectivity index (χ2n) is 15.6. The fourth-order valence-corrected chi connectivity index (χ4v) is 10.5. The lowest BCUT2D eigenvalue weighted by molar-refractivity contribution is 1.08. The predicted octanol–water partition coefficient (Wildman–Crippen LogP) is 15.0. The molecule has 13 aromatic rings. The van der Waals surface area contributed by atoms with Gasteiger partial charge in [0.15, 0.2) is 17.5 Å². The molecule has 0 aliphatic rings. The van der Waals surface area contributed by atoms with Crippen LogP contribution in [0.2, 0.25) is 0 Å². The molecule has 0 N–H and O–H groups in total. The van der Waals surface area contributed by atoms with E-state index in [1.807, 2.05) is 0 Å². The summed E-state index contributed by atoms with van der Waals surface area (Å²) in [6, 6.07) is 69.9. The summed E-state index contributed by atoms with van der Waals surface area (Å²) in [5, 5.41) is 14.4. The molecule has 0 radical (unpaired) electrons. The summed E-state index contributed by atoms with van der Waals surface area (Å²) in [4.78, 5) is 16.0. The van der Waals surface area contributed by atoms with E-state index < -0.39 is 0 Å². The summed E-state index contributed by atoms with van der Waals surface area (Å²) in [5.74, 6) is 1.93. The Kier molecular flexibility index (Phi) is 7.14. The lowest BCUT2D eigenvalue weighted by atomic mass is 9.99. The van der Waals surface area contributed by atoms with Crippen molar-refractivity contribution in [2.45, 2.75) is 0 Å². The molecule has 0 aliphatic heterocycles. The van der Waals surface area contributed by atoms with Gasteiger partial charge >= 0.3 is 0 Å². The third-order valence-electron chi connectivity index (χ3n) is 12.2. The molecule has 278 valence electrons. The number of rotatable bonds is 4. The van der Waals surface area contributed by atoms with Crippen LogP contribution in [0, 0.1) is 0 Å². The summed E-state index contributed by atoms with van der Waals surface area (Å²) < 4.78 is 4.84.